The fraction of sp³-hybridized carbons (Fsp3) is 0. The first-order chi connectivity index (χ1) is 9.97. The molecule has 0 fully saturated rings. The molecule has 0 aliphatic rings. The fourth-order valence-electron chi connectivity index (χ4n) is 1.91. The Morgan fingerprint density at radius 2 is 1.95 bits per heavy atom. The molecule has 0 atom stereocenters. The van der Waals surface area contributed by atoms with Gasteiger partial charge in [0.2, 0.25) is 0 Å². The van der Waals surface area contributed by atoms with Crippen molar-refractivity contribution in [2.24, 2.45) is 0 Å². The minimum absolute atomic E-state index is 0.00124. The summed E-state index contributed by atoms with van der Waals surface area (Å²) < 4.78 is 28.6. The lowest BCUT2D eigenvalue weighted by Gasteiger charge is -2.05. The van der Waals surface area contributed by atoms with E-state index >= 15 is 0 Å². The Morgan fingerprint density at radius 3 is 2.67 bits per heavy atom. The van der Waals surface area contributed by atoms with Gasteiger partial charge < -0.3 is 5.11 Å². The molecule has 3 rings (SSSR count). The summed E-state index contributed by atoms with van der Waals surface area (Å²) in [7, 11) is 0. The van der Waals surface area contributed by atoms with Crippen molar-refractivity contribution in [1.29, 1.82) is 0 Å². The van der Waals surface area contributed by atoms with Crippen molar-refractivity contribution in [1.82, 2.24) is 15.0 Å². The molecule has 3 aromatic rings. The van der Waals surface area contributed by atoms with Gasteiger partial charge in [0.25, 0.3) is 0 Å². The molecule has 21 heavy (non-hydrogen) atoms. The van der Waals surface area contributed by atoms with E-state index in [2.05, 4.69) is 26.2 Å². The first kappa shape index (κ1) is 13.6. The first-order valence-electron chi connectivity index (χ1n) is 5.71. The van der Waals surface area contributed by atoms with Gasteiger partial charge in [0.05, 0.1) is 15.6 Å². The lowest BCUT2D eigenvalue weighted by atomic mass is 10.2. The summed E-state index contributed by atoms with van der Waals surface area (Å²) in [4.78, 5) is 10.9. The SMILES string of the molecule is O=C(O)c1ccc2c(c1)nnn2-c1cc(F)c(Br)cc1F. The minimum Gasteiger partial charge on any atom is -0.478 e. The van der Waals surface area contributed by atoms with E-state index in [9.17, 15) is 13.6 Å². The lowest BCUT2D eigenvalue weighted by Crippen LogP contribution is -2.01. The van der Waals surface area contributed by atoms with E-state index in [0.717, 1.165) is 16.8 Å². The summed E-state index contributed by atoms with van der Waals surface area (Å²) in [5.74, 6) is -2.43. The van der Waals surface area contributed by atoms with Crippen molar-refractivity contribution in [3.05, 3.63) is 52.0 Å². The van der Waals surface area contributed by atoms with Crippen LogP contribution in [0.5, 0.6) is 0 Å². The highest BCUT2D eigenvalue weighted by Gasteiger charge is 2.15. The summed E-state index contributed by atoms with van der Waals surface area (Å²) in [6.07, 6.45) is 0. The van der Waals surface area contributed by atoms with Gasteiger partial charge in [-0.05, 0) is 40.2 Å². The zero-order valence-corrected chi connectivity index (χ0v) is 11.8. The number of carbonyl (C=O) groups is 1. The molecule has 5 nitrogen and oxygen atoms in total. The van der Waals surface area contributed by atoms with Crippen molar-refractivity contribution < 1.29 is 18.7 Å². The monoisotopic (exact) mass is 353 g/mol. The zero-order chi connectivity index (χ0) is 15.1. The van der Waals surface area contributed by atoms with Crippen molar-refractivity contribution >= 4 is 32.9 Å². The van der Waals surface area contributed by atoms with Crippen molar-refractivity contribution in [2.75, 3.05) is 0 Å². The fourth-order valence-corrected chi connectivity index (χ4v) is 2.22. The van der Waals surface area contributed by atoms with Gasteiger partial charge in [-0.2, -0.15) is 0 Å². The van der Waals surface area contributed by atoms with Crippen molar-refractivity contribution in [3.63, 3.8) is 0 Å². The van der Waals surface area contributed by atoms with Crippen molar-refractivity contribution in [2.45, 2.75) is 0 Å². The highest BCUT2D eigenvalue weighted by atomic mass is 79.9. The van der Waals surface area contributed by atoms with E-state index in [1.807, 2.05) is 0 Å². The number of carboxylic acids is 1. The Morgan fingerprint density at radius 1 is 1.19 bits per heavy atom. The Hall–Kier alpha value is -2.35. The molecule has 0 saturated heterocycles. The molecule has 0 aliphatic heterocycles. The minimum atomic E-state index is -1.10. The Balaban J connectivity index is 2.22. The molecule has 0 aliphatic carbocycles. The maximum atomic E-state index is 13.9. The third kappa shape index (κ3) is 2.27. The van der Waals surface area contributed by atoms with Crippen LogP contribution >= 0.6 is 15.9 Å². The van der Waals surface area contributed by atoms with E-state index in [1.54, 1.807) is 0 Å². The summed E-state index contributed by atoms with van der Waals surface area (Å²) in [5.41, 5.74) is 0.580. The molecule has 0 amide bonds. The molecule has 1 N–H and O–H groups in total. The molecular weight excluding hydrogens is 348 g/mol. The van der Waals surface area contributed by atoms with Gasteiger partial charge in [0.15, 0.2) is 0 Å². The second-order valence-corrected chi connectivity index (χ2v) is 5.08. The van der Waals surface area contributed by atoms with Crippen molar-refractivity contribution in [3.8, 4) is 5.69 Å². The second kappa shape index (κ2) is 4.88. The normalized spacial score (nSPS) is 11.0. The molecule has 1 heterocycles. The van der Waals surface area contributed by atoms with E-state index < -0.39 is 17.6 Å². The number of hydrogen-bond acceptors (Lipinski definition) is 3. The smallest absolute Gasteiger partial charge is 0.335 e. The Bertz CT molecular complexity index is 879. The van der Waals surface area contributed by atoms with Gasteiger partial charge >= 0.3 is 5.97 Å². The van der Waals surface area contributed by atoms with Crippen LogP contribution in [0.4, 0.5) is 8.78 Å². The zero-order valence-electron chi connectivity index (χ0n) is 10.2. The highest BCUT2D eigenvalue weighted by molar-refractivity contribution is 9.10. The van der Waals surface area contributed by atoms with Gasteiger partial charge in [-0.15, -0.1) is 5.10 Å². The van der Waals surface area contributed by atoms with Gasteiger partial charge in [0, 0.05) is 6.07 Å². The van der Waals surface area contributed by atoms with Gasteiger partial charge in [-0.3, -0.25) is 0 Å². The predicted molar refractivity (Wildman–Crippen MR) is 73.4 cm³/mol. The molecule has 0 unspecified atom stereocenters. The quantitative estimate of drug-likeness (QED) is 0.718. The van der Waals surface area contributed by atoms with E-state index in [4.69, 9.17) is 5.11 Å². The summed E-state index contributed by atoms with van der Waals surface area (Å²) in [6, 6.07) is 6.08. The third-order valence-corrected chi connectivity index (χ3v) is 3.52. The molecule has 1 aromatic heterocycles. The van der Waals surface area contributed by atoms with Crippen LogP contribution in [-0.2, 0) is 0 Å². The van der Waals surface area contributed by atoms with E-state index in [1.165, 1.54) is 18.2 Å². The van der Waals surface area contributed by atoms with Crippen LogP contribution in [0.2, 0.25) is 0 Å². The Kier molecular flexibility index (Phi) is 3.17. The number of halogens is 3. The number of aromatic carboxylic acids is 1. The number of hydrogen-bond donors (Lipinski definition) is 1. The second-order valence-electron chi connectivity index (χ2n) is 4.23. The van der Waals surface area contributed by atoms with Crippen LogP contribution in [0.15, 0.2) is 34.8 Å². The molecule has 0 spiro atoms. The third-order valence-electron chi connectivity index (χ3n) is 2.91. The standard InChI is InChI=1S/C13H6BrF2N3O2/c14-7-4-9(16)12(5-8(7)15)19-11-2-1-6(13(20)21)3-10(11)17-18-19/h1-5H,(H,20,21). The molecule has 106 valence electrons. The largest absolute Gasteiger partial charge is 0.478 e. The average Bonchev–Trinajstić information content (AvgIpc) is 2.85. The van der Waals surface area contributed by atoms with Gasteiger partial charge in [0.1, 0.15) is 22.8 Å². The first-order valence-corrected chi connectivity index (χ1v) is 6.50. The van der Waals surface area contributed by atoms with Gasteiger partial charge in [-0.1, -0.05) is 5.21 Å². The van der Waals surface area contributed by atoms with E-state index in [0.29, 0.717) is 5.52 Å². The summed E-state index contributed by atoms with van der Waals surface area (Å²) in [5, 5.41) is 16.4. The van der Waals surface area contributed by atoms with Crippen LogP contribution in [0, 0.1) is 11.6 Å². The molecule has 0 radical (unpaired) electrons. The van der Waals surface area contributed by atoms with Crippen LogP contribution in [0.1, 0.15) is 10.4 Å². The number of nitrogens with zero attached hydrogens (tertiary/aromatic N) is 3. The summed E-state index contributed by atoms with van der Waals surface area (Å²) in [6.45, 7) is 0. The molecule has 8 heteroatoms. The number of rotatable bonds is 2. The maximum Gasteiger partial charge on any atom is 0.335 e. The lowest BCUT2D eigenvalue weighted by molar-refractivity contribution is 0.0697. The maximum absolute atomic E-state index is 13.9. The molecular formula is C13H6BrF2N3O2. The number of benzene rings is 2. The highest BCUT2D eigenvalue weighted by Crippen LogP contribution is 2.25. The van der Waals surface area contributed by atoms with Crippen LogP contribution < -0.4 is 0 Å². The number of fused-ring (bicyclic) bond motifs is 1. The molecule has 2 aromatic carbocycles. The molecule has 0 bridgehead atoms. The Labute approximate surface area is 124 Å². The predicted octanol–water partition coefficient (Wildman–Crippen LogP) is 3.16. The van der Waals surface area contributed by atoms with Crippen LogP contribution in [0.25, 0.3) is 16.7 Å². The number of carboxylic acid groups (broad SMARTS) is 1. The molecule has 0 saturated carbocycles. The van der Waals surface area contributed by atoms with Crippen LogP contribution in [-0.4, -0.2) is 26.1 Å². The van der Waals surface area contributed by atoms with E-state index in [-0.39, 0.29) is 21.2 Å². The van der Waals surface area contributed by atoms with Gasteiger partial charge in [-0.25, -0.2) is 18.3 Å². The average molecular weight is 354 g/mol. The van der Waals surface area contributed by atoms with Crippen LogP contribution in [0.3, 0.4) is 0 Å². The topological polar surface area (TPSA) is 68.0 Å². The number of aromatic nitrogens is 3. The summed E-state index contributed by atoms with van der Waals surface area (Å²) >= 11 is 2.89.